The van der Waals surface area contributed by atoms with Crippen LogP contribution in [0.3, 0.4) is 0 Å². The van der Waals surface area contributed by atoms with E-state index < -0.39 is 0 Å². The van der Waals surface area contributed by atoms with Gasteiger partial charge in [-0.2, -0.15) is 0 Å². The molecule has 1 aliphatic heterocycles. The summed E-state index contributed by atoms with van der Waals surface area (Å²) in [6, 6.07) is 5.32. The van der Waals surface area contributed by atoms with Gasteiger partial charge in [-0.25, -0.2) is 4.98 Å². The van der Waals surface area contributed by atoms with Crippen molar-refractivity contribution < 1.29 is 0 Å². The van der Waals surface area contributed by atoms with Crippen LogP contribution < -0.4 is 10.2 Å². The van der Waals surface area contributed by atoms with E-state index in [2.05, 4.69) is 43.1 Å². The van der Waals surface area contributed by atoms with Gasteiger partial charge < -0.3 is 10.2 Å². The average molecular weight is 273 g/mol. The van der Waals surface area contributed by atoms with Gasteiger partial charge in [-0.05, 0) is 48.8 Å². The third-order valence-corrected chi connectivity index (χ3v) is 4.46. The molecule has 0 bridgehead atoms. The van der Waals surface area contributed by atoms with Gasteiger partial charge in [-0.1, -0.05) is 20.8 Å². The Morgan fingerprint density at radius 3 is 2.75 bits per heavy atom. The fourth-order valence-electron chi connectivity index (χ4n) is 2.94. The second-order valence-corrected chi connectivity index (χ2v) is 7.17. The normalized spacial score (nSPS) is 21.4. The topological polar surface area (TPSA) is 28.2 Å². The molecule has 1 aromatic rings. The first-order valence-electron chi connectivity index (χ1n) is 8.04. The number of pyridine rings is 1. The number of nitrogens with one attached hydrogen (secondary N) is 1. The molecule has 110 valence electrons. The van der Waals surface area contributed by atoms with Crippen molar-refractivity contribution in [3.05, 3.63) is 23.4 Å². The highest BCUT2D eigenvalue weighted by Gasteiger charge is 2.30. The molecule has 0 atom stereocenters. The van der Waals surface area contributed by atoms with Gasteiger partial charge in [-0.3, -0.25) is 0 Å². The molecule has 3 nitrogen and oxygen atoms in total. The number of hydrogen-bond acceptors (Lipinski definition) is 3. The van der Waals surface area contributed by atoms with E-state index in [1.54, 1.807) is 0 Å². The molecule has 2 heterocycles. The van der Waals surface area contributed by atoms with E-state index in [0.717, 1.165) is 32.1 Å². The van der Waals surface area contributed by atoms with Crippen LogP contribution in [0.15, 0.2) is 12.1 Å². The fourth-order valence-corrected chi connectivity index (χ4v) is 2.94. The van der Waals surface area contributed by atoms with Crippen LogP contribution in [-0.4, -0.2) is 24.1 Å². The Kier molecular flexibility index (Phi) is 3.72. The Labute approximate surface area is 122 Å². The summed E-state index contributed by atoms with van der Waals surface area (Å²) in [5.74, 6) is 1.18. The van der Waals surface area contributed by atoms with Gasteiger partial charge in [0.05, 0.1) is 0 Å². The van der Waals surface area contributed by atoms with Crippen molar-refractivity contribution in [3.8, 4) is 0 Å². The van der Waals surface area contributed by atoms with Gasteiger partial charge in [0.2, 0.25) is 0 Å². The summed E-state index contributed by atoms with van der Waals surface area (Å²) in [6.07, 6.45) is 4.97. The van der Waals surface area contributed by atoms with Gasteiger partial charge in [0.25, 0.3) is 0 Å². The highest BCUT2D eigenvalue weighted by Crippen LogP contribution is 2.32. The van der Waals surface area contributed by atoms with Crippen molar-refractivity contribution in [1.82, 2.24) is 10.3 Å². The number of nitrogens with zero attached hydrogens (tertiary/aromatic N) is 2. The Balaban J connectivity index is 1.76. The average Bonchev–Trinajstić information content (AvgIpc) is 3.19. The molecule has 1 aliphatic carbocycles. The lowest BCUT2D eigenvalue weighted by Crippen LogP contribution is -2.24. The number of aromatic nitrogens is 1. The van der Waals surface area contributed by atoms with Crippen LogP contribution in [0.2, 0.25) is 0 Å². The Bertz CT molecular complexity index is 477. The predicted molar refractivity (Wildman–Crippen MR) is 84.1 cm³/mol. The minimum Gasteiger partial charge on any atom is -0.356 e. The molecule has 0 radical (unpaired) electrons. The molecule has 1 saturated heterocycles. The van der Waals surface area contributed by atoms with Crippen molar-refractivity contribution in [2.24, 2.45) is 5.41 Å². The molecule has 1 saturated carbocycles. The van der Waals surface area contributed by atoms with E-state index in [-0.39, 0.29) is 0 Å². The van der Waals surface area contributed by atoms with Crippen molar-refractivity contribution in [1.29, 1.82) is 0 Å². The van der Waals surface area contributed by atoms with Crippen molar-refractivity contribution in [3.63, 3.8) is 0 Å². The zero-order chi connectivity index (χ0) is 14.2. The minimum absolute atomic E-state index is 0.427. The molecule has 2 aliphatic rings. The molecule has 1 aromatic heterocycles. The fraction of sp³-hybridized carbons (Fsp3) is 0.706. The standard InChI is InChI=1S/C17H27N3/c1-4-14-9-13(11-18-15-5-6-15)10-16(19-14)20-8-7-17(2,3)12-20/h9-10,15,18H,4-8,11-12H2,1-3H3. The second-order valence-electron chi connectivity index (χ2n) is 7.17. The van der Waals surface area contributed by atoms with Gasteiger partial charge in [0.15, 0.2) is 0 Å². The molecule has 2 fully saturated rings. The van der Waals surface area contributed by atoms with Gasteiger partial charge in [-0.15, -0.1) is 0 Å². The predicted octanol–water partition coefficient (Wildman–Crippen LogP) is 3.13. The summed E-state index contributed by atoms with van der Waals surface area (Å²) in [6.45, 7) is 10.2. The lowest BCUT2D eigenvalue weighted by Gasteiger charge is -2.22. The monoisotopic (exact) mass is 273 g/mol. The highest BCUT2D eigenvalue weighted by atomic mass is 15.2. The summed E-state index contributed by atoms with van der Waals surface area (Å²) in [5, 5.41) is 3.61. The molecule has 3 rings (SSSR count). The van der Waals surface area contributed by atoms with E-state index >= 15 is 0 Å². The van der Waals surface area contributed by atoms with E-state index in [1.807, 2.05) is 0 Å². The van der Waals surface area contributed by atoms with Gasteiger partial charge in [0, 0.05) is 31.4 Å². The van der Waals surface area contributed by atoms with Gasteiger partial charge >= 0.3 is 0 Å². The number of aryl methyl sites for hydroxylation is 1. The third-order valence-electron chi connectivity index (χ3n) is 4.46. The van der Waals surface area contributed by atoms with Crippen LogP contribution in [0, 0.1) is 5.41 Å². The summed E-state index contributed by atoms with van der Waals surface area (Å²) in [7, 11) is 0. The second kappa shape index (κ2) is 5.36. The van der Waals surface area contributed by atoms with Crippen molar-refractivity contribution in [2.75, 3.05) is 18.0 Å². The molecule has 20 heavy (non-hydrogen) atoms. The van der Waals surface area contributed by atoms with E-state index in [4.69, 9.17) is 4.98 Å². The maximum atomic E-state index is 4.84. The SMILES string of the molecule is CCc1cc(CNC2CC2)cc(N2CCC(C)(C)C2)n1. The maximum Gasteiger partial charge on any atom is 0.129 e. The van der Waals surface area contributed by atoms with E-state index in [0.29, 0.717) is 5.41 Å². The zero-order valence-electron chi connectivity index (χ0n) is 13.1. The maximum absolute atomic E-state index is 4.84. The third kappa shape index (κ3) is 3.32. The molecule has 0 amide bonds. The van der Waals surface area contributed by atoms with Crippen LogP contribution in [0.5, 0.6) is 0 Å². The Hall–Kier alpha value is -1.09. The Morgan fingerprint density at radius 2 is 2.15 bits per heavy atom. The number of anilines is 1. The van der Waals surface area contributed by atoms with Crippen LogP contribution in [0.25, 0.3) is 0 Å². The molecule has 1 N–H and O–H groups in total. The first-order valence-corrected chi connectivity index (χ1v) is 8.04. The van der Waals surface area contributed by atoms with Crippen LogP contribution in [-0.2, 0) is 13.0 Å². The minimum atomic E-state index is 0.427. The van der Waals surface area contributed by atoms with Crippen LogP contribution in [0.4, 0.5) is 5.82 Å². The van der Waals surface area contributed by atoms with Crippen molar-refractivity contribution in [2.45, 2.75) is 59.0 Å². The summed E-state index contributed by atoms with van der Waals surface area (Å²) in [5.41, 5.74) is 3.04. The first kappa shape index (κ1) is 13.9. The number of hydrogen-bond donors (Lipinski definition) is 1. The largest absolute Gasteiger partial charge is 0.356 e. The molecule has 0 aromatic carbocycles. The lowest BCUT2D eigenvalue weighted by molar-refractivity contribution is 0.418. The summed E-state index contributed by atoms with van der Waals surface area (Å²) >= 11 is 0. The lowest BCUT2D eigenvalue weighted by atomic mass is 9.93. The molecule has 0 spiro atoms. The zero-order valence-corrected chi connectivity index (χ0v) is 13.1. The molecule has 0 unspecified atom stereocenters. The van der Waals surface area contributed by atoms with Crippen LogP contribution in [0.1, 0.15) is 51.3 Å². The molecular formula is C17H27N3. The van der Waals surface area contributed by atoms with Gasteiger partial charge in [0.1, 0.15) is 5.82 Å². The van der Waals surface area contributed by atoms with Crippen molar-refractivity contribution >= 4 is 5.82 Å². The molecular weight excluding hydrogens is 246 g/mol. The number of rotatable bonds is 5. The van der Waals surface area contributed by atoms with E-state index in [9.17, 15) is 0 Å². The quantitative estimate of drug-likeness (QED) is 0.893. The highest BCUT2D eigenvalue weighted by molar-refractivity contribution is 5.44. The first-order chi connectivity index (χ1) is 9.55. The summed E-state index contributed by atoms with van der Waals surface area (Å²) < 4.78 is 0. The summed E-state index contributed by atoms with van der Waals surface area (Å²) in [4.78, 5) is 7.30. The molecule has 3 heteroatoms. The smallest absolute Gasteiger partial charge is 0.129 e. The van der Waals surface area contributed by atoms with Crippen LogP contribution >= 0.6 is 0 Å². The Morgan fingerprint density at radius 1 is 1.35 bits per heavy atom. The van der Waals surface area contributed by atoms with E-state index in [1.165, 1.54) is 36.3 Å².